The van der Waals surface area contributed by atoms with Gasteiger partial charge in [0.2, 0.25) is 34.8 Å². The van der Waals surface area contributed by atoms with Gasteiger partial charge in [-0.05, 0) is 62.2 Å². The average Bonchev–Trinajstić information content (AvgIpc) is 3.86. The molecule has 0 aromatic heterocycles. The van der Waals surface area contributed by atoms with Crippen LogP contribution in [0.2, 0.25) is 0 Å². The van der Waals surface area contributed by atoms with Gasteiger partial charge in [-0.1, -0.05) is 127 Å². The summed E-state index contributed by atoms with van der Waals surface area (Å²) in [5.74, 6) is -16.1. The van der Waals surface area contributed by atoms with Gasteiger partial charge in [0, 0.05) is 29.9 Å². The van der Waals surface area contributed by atoms with E-state index in [0.29, 0.717) is 5.56 Å². The highest BCUT2D eigenvalue weighted by Crippen LogP contribution is 2.46. The van der Waals surface area contributed by atoms with Gasteiger partial charge < -0.3 is 23.7 Å². The number of ether oxygens (including phenoxy) is 5. The van der Waals surface area contributed by atoms with Gasteiger partial charge in [0.05, 0.1) is 13.7 Å². The maximum Gasteiger partial charge on any atom is 0.513 e. The Kier molecular flexibility index (Phi) is 12.4. The SMILES string of the molecule is COc1ccc(CN(C(=O)OCC2c3ccccc3-c3ccccc32)C(Cc2ccccc2)C(=O)Oc2c(F)c(F)c(F)c(F)c2F)c(OC(=O)OCC2c3ccccc3-c3ccccc32)c1. The minimum atomic E-state index is -2.46. The van der Waals surface area contributed by atoms with Crippen molar-refractivity contribution in [3.63, 3.8) is 0 Å². The van der Waals surface area contributed by atoms with Crippen molar-refractivity contribution in [2.24, 2.45) is 0 Å². The lowest BCUT2D eigenvalue weighted by Gasteiger charge is -2.31. The molecular weight excluding hydrogens is 874 g/mol. The maximum absolute atomic E-state index is 15.1. The van der Waals surface area contributed by atoms with E-state index in [-0.39, 0.29) is 36.2 Å². The molecule has 2 aliphatic carbocycles. The predicted molar refractivity (Wildman–Crippen MR) is 235 cm³/mol. The van der Waals surface area contributed by atoms with Crippen LogP contribution in [0.1, 0.15) is 45.2 Å². The quantitative estimate of drug-likeness (QED) is 0.0282. The second-order valence-corrected chi connectivity index (χ2v) is 15.8. The molecule has 1 amide bonds. The molecular formula is C53H38F5NO8. The van der Waals surface area contributed by atoms with Crippen LogP contribution in [0.5, 0.6) is 17.2 Å². The second-order valence-electron chi connectivity index (χ2n) is 15.8. The van der Waals surface area contributed by atoms with Gasteiger partial charge in [0.25, 0.3) is 0 Å². The molecule has 9 rings (SSSR count). The van der Waals surface area contributed by atoms with Crippen molar-refractivity contribution in [1.82, 2.24) is 4.90 Å². The van der Waals surface area contributed by atoms with Crippen molar-refractivity contribution in [2.45, 2.75) is 30.8 Å². The van der Waals surface area contributed by atoms with E-state index in [2.05, 4.69) is 0 Å². The number of esters is 1. The summed E-state index contributed by atoms with van der Waals surface area (Å²) >= 11 is 0. The highest BCUT2D eigenvalue weighted by Gasteiger charge is 2.38. The molecule has 2 aliphatic rings. The average molecular weight is 912 g/mol. The number of hydrogen-bond acceptors (Lipinski definition) is 8. The fraction of sp³-hybridized carbons (Fsp3) is 0.151. The summed E-state index contributed by atoms with van der Waals surface area (Å²) in [5.41, 5.74) is 8.01. The van der Waals surface area contributed by atoms with Crippen LogP contribution in [0, 0.1) is 29.1 Å². The standard InChI is InChI=1S/C53H38F5NO8/c1-63-32-24-23-31(44(26-32)66-53(62)65-29-42-39-21-11-7-17-35(39)36-18-8-12-22-40(36)42)27-59(52(61)64-28-41-37-19-9-5-15-33(37)34-16-6-10-20-38(34)41)43(25-30-13-3-2-4-14-30)51(60)67-50-48(57)46(55)45(54)47(56)49(50)58/h2-24,26,41-43H,25,27-29H2,1H3. The van der Waals surface area contributed by atoms with E-state index in [1.807, 2.05) is 97.1 Å². The van der Waals surface area contributed by atoms with Gasteiger partial charge in [0.1, 0.15) is 30.8 Å². The third-order valence-electron chi connectivity index (χ3n) is 12.0. The normalized spacial score (nSPS) is 12.9. The van der Waals surface area contributed by atoms with Crippen LogP contribution in [0.4, 0.5) is 31.5 Å². The maximum atomic E-state index is 15.1. The first-order chi connectivity index (χ1) is 32.5. The van der Waals surface area contributed by atoms with E-state index >= 15 is 8.78 Å². The Morgan fingerprint density at radius 2 is 1.01 bits per heavy atom. The lowest BCUT2D eigenvalue weighted by molar-refractivity contribution is -0.140. The van der Waals surface area contributed by atoms with Crippen LogP contribution in [0.3, 0.4) is 0 Å². The number of benzene rings is 7. The zero-order valence-corrected chi connectivity index (χ0v) is 35.5. The Labute approximate surface area is 380 Å². The van der Waals surface area contributed by atoms with Crippen LogP contribution < -0.4 is 14.2 Å². The Hall–Kier alpha value is -8.00. The van der Waals surface area contributed by atoms with Crippen molar-refractivity contribution in [1.29, 1.82) is 0 Å². The Morgan fingerprint density at radius 3 is 1.52 bits per heavy atom. The molecule has 0 aliphatic heterocycles. The van der Waals surface area contributed by atoms with Gasteiger partial charge in [-0.3, -0.25) is 4.90 Å². The lowest BCUT2D eigenvalue weighted by atomic mass is 9.98. The van der Waals surface area contributed by atoms with Crippen molar-refractivity contribution < 1.29 is 60.0 Å². The molecule has 0 saturated heterocycles. The first-order valence-electron chi connectivity index (χ1n) is 21.1. The first kappa shape index (κ1) is 44.2. The summed E-state index contributed by atoms with van der Waals surface area (Å²) in [6.45, 7) is -0.948. The molecule has 7 aromatic rings. The Morgan fingerprint density at radius 1 is 0.552 bits per heavy atom. The van der Waals surface area contributed by atoms with E-state index in [9.17, 15) is 27.6 Å². The largest absolute Gasteiger partial charge is 0.513 e. The number of carbonyl (C=O) groups is 3. The Bertz CT molecular complexity index is 2920. The van der Waals surface area contributed by atoms with Crippen LogP contribution in [0.25, 0.3) is 22.3 Å². The van der Waals surface area contributed by atoms with E-state index < -0.39 is 78.0 Å². The third kappa shape index (κ3) is 8.65. The number of methoxy groups -OCH3 is 1. The van der Waals surface area contributed by atoms with Gasteiger partial charge in [-0.15, -0.1) is 0 Å². The number of fused-ring (bicyclic) bond motifs is 6. The van der Waals surface area contributed by atoms with E-state index in [4.69, 9.17) is 23.7 Å². The van der Waals surface area contributed by atoms with Crippen molar-refractivity contribution >= 4 is 18.2 Å². The van der Waals surface area contributed by atoms with Crippen LogP contribution in [-0.2, 0) is 27.2 Å². The van der Waals surface area contributed by atoms with E-state index in [1.165, 1.54) is 25.3 Å². The Balaban J connectivity index is 1.06. The minimum Gasteiger partial charge on any atom is -0.497 e. The first-order valence-corrected chi connectivity index (χ1v) is 21.1. The molecule has 1 atom stereocenters. The van der Waals surface area contributed by atoms with E-state index in [1.54, 1.807) is 30.3 Å². The summed E-state index contributed by atoms with van der Waals surface area (Å²) in [4.78, 5) is 43.6. The highest BCUT2D eigenvalue weighted by molar-refractivity contribution is 5.84. The molecule has 0 spiro atoms. The van der Waals surface area contributed by atoms with Crippen LogP contribution in [-0.4, -0.2) is 49.5 Å². The molecule has 0 N–H and O–H groups in total. The van der Waals surface area contributed by atoms with Gasteiger partial charge in [-0.25, -0.2) is 27.6 Å². The fourth-order valence-corrected chi connectivity index (χ4v) is 8.76. The van der Waals surface area contributed by atoms with Crippen LogP contribution >= 0.6 is 0 Å². The summed E-state index contributed by atoms with van der Waals surface area (Å²) in [5, 5.41) is 0. The molecule has 7 aromatic carbocycles. The molecule has 0 radical (unpaired) electrons. The summed E-state index contributed by atoms with van der Waals surface area (Å²) in [6.07, 6.45) is -2.66. The molecule has 67 heavy (non-hydrogen) atoms. The number of hydrogen-bond donors (Lipinski definition) is 0. The number of rotatable bonds is 13. The molecule has 0 bridgehead atoms. The number of amides is 1. The van der Waals surface area contributed by atoms with Gasteiger partial charge in [-0.2, -0.15) is 8.78 Å². The molecule has 0 saturated carbocycles. The molecule has 14 heteroatoms. The summed E-state index contributed by atoms with van der Waals surface area (Å²) < 4.78 is 101. The number of nitrogens with zero attached hydrogens (tertiary/aromatic N) is 1. The van der Waals surface area contributed by atoms with Crippen LogP contribution in [0.15, 0.2) is 146 Å². The van der Waals surface area contributed by atoms with Gasteiger partial charge in [0.15, 0.2) is 0 Å². The highest BCUT2D eigenvalue weighted by atomic mass is 19.2. The summed E-state index contributed by atoms with van der Waals surface area (Å²) in [7, 11) is 1.38. The third-order valence-corrected chi connectivity index (χ3v) is 12.0. The minimum absolute atomic E-state index is 0.0879. The molecule has 0 heterocycles. The van der Waals surface area contributed by atoms with Crippen molar-refractivity contribution in [3.8, 4) is 39.5 Å². The van der Waals surface area contributed by atoms with Gasteiger partial charge >= 0.3 is 18.2 Å². The van der Waals surface area contributed by atoms with E-state index in [0.717, 1.165) is 49.4 Å². The van der Waals surface area contributed by atoms with Crippen molar-refractivity contribution in [2.75, 3.05) is 20.3 Å². The molecule has 338 valence electrons. The van der Waals surface area contributed by atoms with Crippen molar-refractivity contribution in [3.05, 3.63) is 208 Å². The number of halogens is 5. The number of carbonyl (C=O) groups excluding carboxylic acids is 3. The topological polar surface area (TPSA) is 101 Å². The smallest absolute Gasteiger partial charge is 0.497 e. The molecule has 0 fully saturated rings. The fourth-order valence-electron chi connectivity index (χ4n) is 8.76. The second kappa shape index (κ2) is 18.8. The predicted octanol–water partition coefficient (Wildman–Crippen LogP) is 11.7. The molecule has 9 nitrogen and oxygen atoms in total. The zero-order valence-electron chi connectivity index (χ0n) is 35.5. The monoisotopic (exact) mass is 911 g/mol. The lowest BCUT2D eigenvalue weighted by Crippen LogP contribution is -2.48. The summed E-state index contributed by atoms with van der Waals surface area (Å²) in [6, 6.07) is 41.2. The molecule has 1 unspecified atom stereocenters. The zero-order chi connectivity index (χ0) is 46.8.